The molecule has 2 N–H and O–H groups in total. The van der Waals surface area contributed by atoms with E-state index in [0.717, 1.165) is 12.2 Å². The predicted molar refractivity (Wildman–Crippen MR) is 82.9 cm³/mol. The van der Waals surface area contributed by atoms with Gasteiger partial charge in [0.15, 0.2) is 0 Å². The molecule has 0 aromatic heterocycles. The van der Waals surface area contributed by atoms with Crippen LogP contribution in [0.5, 0.6) is 0 Å². The average molecular weight is 336 g/mol. The quantitative estimate of drug-likeness (QED) is 0.550. The van der Waals surface area contributed by atoms with Gasteiger partial charge < -0.3 is 20.0 Å². The summed E-state index contributed by atoms with van der Waals surface area (Å²) in [5.74, 6) is -4.04. The number of piperazine rings is 1. The van der Waals surface area contributed by atoms with Crippen molar-refractivity contribution >= 4 is 23.8 Å². The maximum Gasteiger partial charge on any atom is 0.328 e. The standard InChI is InChI=1S/C16H20N2O6/c19-13(5-6-14(20)21)17-7-9-18(10-8-17)15(22)11-3-1-2-4-12(11)16(23)24/h1-2,5-6,11-12H,3-4,7-10H2,(H,20,21)(H,23,24)/b6-5-. The lowest BCUT2D eigenvalue weighted by Gasteiger charge is -2.37. The number of rotatable bonds is 4. The Morgan fingerprint density at radius 1 is 0.833 bits per heavy atom. The summed E-state index contributed by atoms with van der Waals surface area (Å²) in [7, 11) is 0. The van der Waals surface area contributed by atoms with Crippen molar-refractivity contribution in [3.05, 3.63) is 24.3 Å². The van der Waals surface area contributed by atoms with E-state index in [1.54, 1.807) is 11.0 Å². The van der Waals surface area contributed by atoms with E-state index in [9.17, 15) is 24.3 Å². The Kier molecular flexibility index (Phi) is 5.73. The Morgan fingerprint density at radius 3 is 1.92 bits per heavy atom. The Bertz CT molecular complexity index is 589. The Morgan fingerprint density at radius 2 is 1.38 bits per heavy atom. The fraction of sp³-hybridized carbons (Fsp3) is 0.500. The minimum absolute atomic E-state index is 0.195. The lowest BCUT2D eigenvalue weighted by Crippen LogP contribution is -2.53. The highest BCUT2D eigenvalue weighted by Crippen LogP contribution is 2.28. The molecule has 1 aliphatic heterocycles. The van der Waals surface area contributed by atoms with Crippen molar-refractivity contribution in [2.45, 2.75) is 12.8 Å². The third kappa shape index (κ3) is 4.21. The molecule has 8 nitrogen and oxygen atoms in total. The van der Waals surface area contributed by atoms with E-state index in [-0.39, 0.29) is 5.91 Å². The number of carboxylic acids is 2. The molecule has 24 heavy (non-hydrogen) atoms. The number of amides is 2. The lowest BCUT2D eigenvalue weighted by atomic mass is 9.82. The minimum atomic E-state index is -1.19. The van der Waals surface area contributed by atoms with E-state index in [2.05, 4.69) is 0 Å². The molecule has 130 valence electrons. The number of carbonyl (C=O) groups excluding carboxylic acids is 2. The maximum atomic E-state index is 12.6. The van der Waals surface area contributed by atoms with E-state index in [0.29, 0.717) is 39.0 Å². The van der Waals surface area contributed by atoms with Gasteiger partial charge in [-0.05, 0) is 12.8 Å². The number of carboxylic acid groups (broad SMARTS) is 2. The van der Waals surface area contributed by atoms with Crippen molar-refractivity contribution < 1.29 is 29.4 Å². The van der Waals surface area contributed by atoms with E-state index in [1.807, 2.05) is 6.08 Å². The third-order valence-corrected chi connectivity index (χ3v) is 4.34. The number of carbonyl (C=O) groups is 4. The Hall–Kier alpha value is -2.64. The van der Waals surface area contributed by atoms with Crippen LogP contribution in [-0.4, -0.2) is 69.9 Å². The largest absolute Gasteiger partial charge is 0.481 e. The Balaban J connectivity index is 1.93. The monoisotopic (exact) mass is 336 g/mol. The molecule has 1 heterocycles. The second-order valence-electron chi connectivity index (χ2n) is 5.82. The van der Waals surface area contributed by atoms with Crippen molar-refractivity contribution in [3.8, 4) is 0 Å². The van der Waals surface area contributed by atoms with Gasteiger partial charge in [0.1, 0.15) is 0 Å². The molecule has 2 aliphatic rings. The molecule has 0 spiro atoms. The van der Waals surface area contributed by atoms with Crippen LogP contribution in [0.2, 0.25) is 0 Å². The van der Waals surface area contributed by atoms with Gasteiger partial charge >= 0.3 is 11.9 Å². The second kappa shape index (κ2) is 7.76. The first-order chi connectivity index (χ1) is 11.4. The Labute approximate surface area is 139 Å². The first-order valence-corrected chi connectivity index (χ1v) is 7.76. The van der Waals surface area contributed by atoms with Crippen LogP contribution < -0.4 is 0 Å². The van der Waals surface area contributed by atoms with Gasteiger partial charge in [-0.15, -0.1) is 0 Å². The summed E-state index contributed by atoms with van der Waals surface area (Å²) in [6.45, 7) is 1.24. The number of allylic oxidation sites excluding steroid dienone is 2. The highest BCUT2D eigenvalue weighted by atomic mass is 16.4. The van der Waals surface area contributed by atoms with Gasteiger partial charge in [-0.2, -0.15) is 0 Å². The highest BCUT2D eigenvalue weighted by molar-refractivity contribution is 5.94. The van der Waals surface area contributed by atoms with E-state index < -0.39 is 29.7 Å². The average Bonchev–Trinajstić information content (AvgIpc) is 2.59. The predicted octanol–water partition coefficient (Wildman–Crippen LogP) is -0.0350. The molecule has 2 rings (SSSR count). The fourth-order valence-corrected chi connectivity index (χ4v) is 2.99. The summed E-state index contributed by atoms with van der Waals surface area (Å²) in [6.07, 6.45) is 6.16. The summed E-state index contributed by atoms with van der Waals surface area (Å²) in [4.78, 5) is 49.2. The molecule has 8 heteroatoms. The summed E-state index contributed by atoms with van der Waals surface area (Å²) in [5.41, 5.74) is 0. The molecule has 1 saturated heterocycles. The molecular formula is C16H20N2O6. The molecule has 0 aromatic rings. The zero-order valence-corrected chi connectivity index (χ0v) is 13.1. The van der Waals surface area contributed by atoms with Gasteiger partial charge in [0.25, 0.3) is 0 Å². The smallest absolute Gasteiger partial charge is 0.328 e. The topological polar surface area (TPSA) is 115 Å². The SMILES string of the molecule is O=C(O)/C=C\C(=O)N1CCN(C(=O)C2CC=CCC2C(=O)O)CC1. The molecule has 1 aliphatic carbocycles. The number of hydrogen-bond donors (Lipinski definition) is 2. The molecule has 0 bridgehead atoms. The lowest BCUT2D eigenvalue weighted by molar-refractivity contribution is -0.151. The van der Waals surface area contributed by atoms with Gasteiger partial charge in [-0.25, -0.2) is 4.79 Å². The molecule has 1 fully saturated rings. The van der Waals surface area contributed by atoms with Gasteiger partial charge in [-0.3, -0.25) is 14.4 Å². The first kappa shape index (κ1) is 17.7. The first-order valence-electron chi connectivity index (χ1n) is 7.76. The minimum Gasteiger partial charge on any atom is -0.481 e. The third-order valence-electron chi connectivity index (χ3n) is 4.34. The molecule has 2 atom stereocenters. The van der Waals surface area contributed by atoms with Crippen molar-refractivity contribution in [2.24, 2.45) is 11.8 Å². The van der Waals surface area contributed by atoms with Crippen LogP contribution in [0.1, 0.15) is 12.8 Å². The maximum absolute atomic E-state index is 12.6. The summed E-state index contributed by atoms with van der Waals surface area (Å²) in [5, 5.41) is 17.8. The van der Waals surface area contributed by atoms with Crippen LogP contribution in [0.4, 0.5) is 0 Å². The van der Waals surface area contributed by atoms with E-state index in [4.69, 9.17) is 5.11 Å². The fourth-order valence-electron chi connectivity index (χ4n) is 2.99. The van der Waals surface area contributed by atoms with Crippen LogP contribution in [0.3, 0.4) is 0 Å². The molecule has 2 unspecified atom stereocenters. The van der Waals surface area contributed by atoms with Crippen molar-refractivity contribution in [1.82, 2.24) is 9.80 Å². The van der Waals surface area contributed by atoms with Crippen LogP contribution in [-0.2, 0) is 19.2 Å². The van der Waals surface area contributed by atoms with Crippen LogP contribution in [0, 0.1) is 11.8 Å². The molecule has 0 radical (unpaired) electrons. The van der Waals surface area contributed by atoms with Gasteiger partial charge in [-0.1, -0.05) is 12.2 Å². The zero-order valence-electron chi connectivity index (χ0n) is 13.1. The highest BCUT2D eigenvalue weighted by Gasteiger charge is 2.37. The summed E-state index contributed by atoms with van der Waals surface area (Å²) in [6, 6.07) is 0. The van der Waals surface area contributed by atoms with Crippen LogP contribution in [0.15, 0.2) is 24.3 Å². The number of aliphatic carboxylic acids is 2. The molecule has 2 amide bonds. The zero-order chi connectivity index (χ0) is 17.7. The molecule has 0 saturated carbocycles. The van der Waals surface area contributed by atoms with Crippen LogP contribution >= 0.6 is 0 Å². The summed E-state index contributed by atoms with van der Waals surface area (Å²) < 4.78 is 0. The summed E-state index contributed by atoms with van der Waals surface area (Å²) >= 11 is 0. The van der Waals surface area contributed by atoms with Crippen LogP contribution in [0.25, 0.3) is 0 Å². The van der Waals surface area contributed by atoms with Crippen molar-refractivity contribution in [1.29, 1.82) is 0 Å². The second-order valence-corrected chi connectivity index (χ2v) is 5.82. The van der Waals surface area contributed by atoms with Crippen molar-refractivity contribution in [3.63, 3.8) is 0 Å². The molecular weight excluding hydrogens is 316 g/mol. The number of hydrogen-bond acceptors (Lipinski definition) is 4. The molecule has 0 aromatic carbocycles. The van der Waals surface area contributed by atoms with Gasteiger partial charge in [0, 0.05) is 38.3 Å². The van der Waals surface area contributed by atoms with Crippen molar-refractivity contribution in [2.75, 3.05) is 26.2 Å². The van der Waals surface area contributed by atoms with Gasteiger partial charge in [0.2, 0.25) is 11.8 Å². The number of nitrogens with zero attached hydrogens (tertiary/aromatic N) is 2. The van der Waals surface area contributed by atoms with E-state index >= 15 is 0 Å². The van der Waals surface area contributed by atoms with E-state index in [1.165, 1.54) is 4.90 Å². The normalized spacial score (nSPS) is 24.2. The van der Waals surface area contributed by atoms with Gasteiger partial charge in [0.05, 0.1) is 11.8 Å².